The molecular weight excluding hydrogens is 198 g/mol. The van der Waals surface area contributed by atoms with Crippen LogP contribution in [0.4, 0.5) is 8.78 Å². The van der Waals surface area contributed by atoms with Crippen LogP contribution in [-0.2, 0) is 9.53 Å². The normalized spacial score (nSPS) is 13.8. The topological polar surface area (TPSA) is 84.6 Å². The van der Waals surface area contributed by atoms with Gasteiger partial charge in [-0.25, -0.2) is 8.78 Å². The van der Waals surface area contributed by atoms with Gasteiger partial charge in [0.15, 0.2) is 0 Å². The van der Waals surface area contributed by atoms with Gasteiger partial charge in [-0.1, -0.05) is 0 Å². The van der Waals surface area contributed by atoms with Crippen molar-refractivity contribution in [3.05, 3.63) is 0 Å². The van der Waals surface area contributed by atoms with E-state index in [1.165, 1.54) is 7.11 Å². The van der Waals surface area contributed by atoms with Crippen LogP contribution >= 0.6 is 0 Å². The third-order valence-electron chi connectivity index (χ3n) is 1.54. The van der Waals surface area contributed by atoms with Crippen molar-refractivity contribution >= 4 is 5.91 Å². The van der Waals surface area contributed by atoms with E-state index in [2.05, 4.69) is 4.74 Å². The Bertz CT molecular complexity index is 186. The highest BCUT2D eigenvalue weighted by Gasteiger charge is 2.29. The van der Waals surface area contributed by atoms with Crippen LogP contribution in [0, 0.1) is 0 Å². The minimum atomic E-state index is -3.32. The van der Waals surface area contributed by atoms with Gasteiger partial charge in [-0.3, -0.25) is 4.79 Å². The van der Waals surface area contributed by atoms with E-state index < -0.39 is 31.1 Å². The summed E-state index contributed by atoms with van der Waals surface area (Å²) < 4.78 is 29.5. The first-order chi connectivity index (χ1) is 6.46. The zero-order valence-corrected chi connectivity index (χ0v) is 7.80. The predicted octanol–water partition coefficient (Wildman–Crippen LogP) is -1.30. The van der Waals surface area contributed by atoms with E-state index in [9.17, 15) is 13.6 Å². The Balaban J connectivity index is 3.95. The summed E-state index contributed by atoms with van der Waals surface area (Å²) in [7, 11) is 1.25. The lowest BCUT2D eigenvalue weighted by molar-refractivity contribution is -0.133. The number of carbonyl (C=O) groups is 1. The summed E-state index contributed by atoms with van der Waals surface area (Å²) in [5.41, 5.74) is 5.13. The number of rotatable bonds is 6. The Kier molecular flexibility index (Phi) is 5.51. The van der Waals surface area contributed by atoms with E-state index in [4.69, 9.17) is 10.8 Å². The molecule has 7 heteroatoms. The molecule has 0 heterocycles. The van der Waals surface area contributed by atoms with Crippen molar-refractivity contribution in [2.75, 3.05) is 26.8 Å². The molecule has 0 aromatic rings. The van der Waals surface area contributed by atoms with Crippen LogP contribution in [0.2, 0.25) is 0 Å². The number of ether oxygens (including phenoxy) is 1. The van der Waals surface area contributed by atoms with Crippen LogP contribution < -0.4 is 11.1 Å². The molecule has 5 nitrogen and oxygen atoms in total. The summed E-state index contributed by atoms with van der Waals surface area (Å²) in [6, 6.07) is 0. The molecule has 0 aliphatic carbocycles. The third-order valence-corrected chi connectivity index (χ3v) is 1.54. The van der Waals surface area contributed by atoms with Crippen molar-refractivity contribution in [3.63, 3.8) is 0 Å². The number of hydrogen-bond acceptors (Lipinski definition) is 4. The second-order valence-corrected chi connectivity index (χ2v) is 2.69. The Morgan fingerprint density at radius 1 is 1.71 bits per heavy atom. The van der Waals surface area contributed by atoms with Crippen molar-refractivity contribution in [2.45, 2.75) is 12.0 Å². The molecule has 0 spiro atoms. The van der Waals surface area contributed by atoms with Crippen LogP contribution in [0.1, 0.15) is 0 Å². The maximum absolute atomic E-state index is 12.4. The molecule has 0 aliphatic rings. The van der Waals surface area contributed by atoms with E-state index >= 15 is 0 Å². The lowest BCUT2D eigenvalue weighted by atomic mass is 10.3. The molecule has 14 heavy (non-hydrogen) atoms. The zero-order valence-electron chi connectivity index (χ0n) is 7.80. The van der Waals surface area contributed by atoms with Gasteiger partial charge in [-0.05, 0) is 0 Å². The van der Waals surface area contributed by atoms with Crippen molar-refractivity contribution in [1.82, 2.24) is 5.32 Å². The fourth-order valence-electron chi connectivity index (χ4n) is 0.696. The van der Waals surface area contributed by atoms with E-state index in [1.807, 2.05) is 5.32 Å². The Morgan fingerprint density at radius 2 is 2.29 bits per heavy atom. The number of alkyl halides is 2. The number of nitrogens with two attached hydrogens (primary N) is 1. The minimum Gasteiger partial charge on any atom is -0.390 e. The zero-order chi connectivity index (χ0) is 11.2. The summed E-state index contributed by atoms with van der Waals surface area (Å²) in [6.07, 6.45) is -0.940. The van der Waals surface area contributed by atoms with E-state index in [-0.39, 0.29) is 6.54 Å². The van der Waals surface area contributed by atoms with Gasteiger partial charge in [0.25, 0.3) is 11.8 Å². The fourth-order valence-corrected chi connectivity index (χ4v) is 0.696. The van der Waals surface area contributed by atoms with Crippen LogP contribution in [0.3, 0.4) is 0 Å². The van der Waals surface area contributed by atoms with E-state index in [1.54, 1.807) is 0 Å². The van der Waals surface area contributed by atoms with Gasteiger partial charge in [0.2, 0.25) is 0 Å². The Morgan fingerprint density at radius 3 is 2.64 bits per heavy atom. The Labute approximate surface area is 80.2 Å². The van der Waals surface area contributed by atoms with E-state index in [0.29, 0.717) is 0 Å². The number of aliphatic hydroxyl groups excluding tert-OH is 1. The lowest BCUT2D eigenvalue weighted by Crippen LogP contribution is -2.46. The molecule has 4 N–H and O–H groups in total. The molecule has 0 rings (SSSR count). The number of nitrogens with one attached hydrogen (secondary N) is 1. The standard InChI is InChI=1S/C7H14F2N2O3/c1-14-5(2-10)6(13)11-3-7(8,9)4-12/h5,12H,2-4,10H2,1H3,(H,11,13). The van der Waals surface area contributed by atoms with Gasteiger partial charge >= 0.3 is 0 Å². The molecule has 1 unspecified atom stereocenters. The second kappa shape index (κ2) is 5.84. The number of carbonyl (C=O) groups excluding carboxylic acids is 1. The first kappa shape index (κ1) is 13.2. The van der Waals surface area contributed by atoms with Crippen LogP contribution in [0.25, 0.3) is 0 Å². The average Bonchev–Trinajstić information content (AvgIpc) is 2.17. The van der Waals surface area contributed by atoms with Gasteiger partial charge in [0.1, 0.15) is 12.7 Å². The van der Waals surface area contributed by atoms with Gasteiger partial charge in [0, 0.05) is 13.7 Å². The molecule has 0 saturated heterocycles. The van der Waals surface area contributed by atoms with Crippen molar-refractivity contribution in [3.8, 4) is 0 Å². The molecule has 0 aromatic heterocycles. The summed E-state index contributed by atoms with van der Waals surface area (Å²) in [6.45, 7) is -2.33. The largest absolute Gasteiger partial charge is 0.390 e. The van der Waals surface area contributed by atoms with Gasteiger partial charge in [-0.15, -0.1) is 0 Å². The summed E-state index contributed by atoms with van der Waals surface area (Å²) in [4.78, 5) is 11.0. The quantitative estimate of drug-likeness (QED) is 0.511. The average molecular weight is 212 g/mol. The maximum Gasteiger partial charge on any atom is 0.287 e. The molecule has 0 fully saturated rings. The molecule has 0 bridgehead atoms. The van der Waals surface area contributed by atoms with Gasteiger partial charge in [-0.2, -0.15) is 0 Å². The molecule has 0 aromatic carbocycles. The van der Waals surface area contributed by atoms with Crippen LogP contribution in [0.15, 0.2) is 0 Å². The minimum absolute atomic E-state index is 0.0902. The van der Waals surface area contributed by atoms with Crippen molar-refractivity contribution < 1.29 is 23.4 Å². The molecule has 1 atom stereocenters. The lowest BCUT2D eigenvalue weighted by Gasteiger charge is -2.17. The highest BCUT2D eigenvalue weighted by Crippen LogP contribution is 2.09. The number of hydrogen-bond donors (Lipinski definition) is 3. The van der Waals surface area contributed by atoms with E-state index in [0.717, 1.165) is 0 Å². The molecule has 0 radical (unpaired) electrons. The van der Waals surface area contributed by atoms with Crippen LogP contribution in [-0.4, -0.2) is 49.8 Å². The number of aliphatic hydroxyl groups is 1. The predicted molar refractivity (Wildman–Crippen MR) is 44.9 cm³/mol. The number of amides is 1. The van der Waals surface area contributed by atoms with Gasteiger partial charge < -0.3 is 20.9 Å². The monoisotopic (exact) mass is 212 g/mol. The fraction of sp³-hybridized carbons (Fsp3) is 0.857. The summed E-state index contributed by atoms with van der Waals surface area (Å²) >= 11 is 0. The highest BCUT2D eigenvalue weighted by molar-refractivity contribution is 5.81. The maximum atomic E-state index is 12.4. The molecule has 0 saturated carbocycles. The number of halogens is 2. The molecule has 84 valence electrons. The first-order valence-corrected chi connectivity index (χ1v) is 3.96. The SMILES string of the molecule is COC(CN)C(=O)NCC(F)(F)CO. The smallest absolute Gasteiger partial charge is 0.287 e. The molecule has 1 amide bonds. The molecule has 0 aliphatic heterocycles. The molecular formula is C7H14F2N2O3. The number of methoxy groups -OCH3 is 1. The third kappa shape index (κ3) is 4.45. The summed E-state index contributed by atoms with van der Waals surface area (Å²) in [5.74, 6) is -4.04. The highest BCUT2D eigenvalue weighted by atomic mass is 19.3. The van der Waals surface area contributed by atoms with Crippen molar-refractivity contribution in [1.29, 1.82) is 0 Å². The van der Waals surface area contributed by atoms with Crippen molar-refractivity contribution in [2.24, 2.45) is 5.73 Å². The van der Waals surface area contributed by atoms with Crippen LogP contribution in [0.5, 0.6) is 0 Å². The summed E-state index contributed by atoms with van der Waals surface area (Å²) in [5, 5.41) is 10.1. The second-order valence-electron chi connectivity index (χ2n) is 2.69. The first-order valence-electron chi connectivity index (χ1n) is 3.96. The van der Waals surface area contributed by atoms with Gasteiger partial charge in [0.05, 0.1) is 6.54 Å². The Hall–Kier alpha value is -0.790.